The Morgan fingerprint density at radius 2 is 2.17 bits per heavy atom. The number of aliphatic hydroxyl groups excluding tert-OH is 1. The summed E-state index contributed by atoms with van der Waals surface area (Å²) in [6.45, 7) is 5.26. The number of carbonyl (C=O) groups is 1. The van der Waals surface area contributed by atoms with Gasteiger partial charge < -0.3 is 20.3 Å². The Morgan fingerprint density at radius 1 is 1.39 bits per heavy atom. The van der Waals surface area contributed by atoms with Gasteiger partial charge >= 0.3 is 0 Å². The first kappa shape index (κ1) is 16.0. The van der Waals surface area contributed by atoms with Gasteiger partial charge in [0.25, 0.3) is 5.91 Å². The molecule has 0 aliphatic carbocycles. The molecule has 3 N–H and O–H groups in total. The van der Waals surface area contributed by atoms with E-state index < -0.39 is 6.10 Å². The molecule has 5 nitrogen and oxygen atoms in total. The number of carbonyl (C=O) groups excluding carboxylic acids is 1. The van der Waals surface area contributed by atoms with Crippen LogP contribution in [0.15, 0.2) is 30.5 Å². The largest absolute Gasteiger partial charge is 0.390 e. The molecule has 1 fully saturated rings. The number of amides is 1. The first-order chi connectivity index (χ1) is 11.1. The van der Waals surface area contributed by atoms with Crippen molar-refractivity contribution in [3.05, 3.63) is 36.0 Å². The molecular formula is C18H25N3O2. The molecular weight excluding hydrogens is 290 g/mol. The van der Waals surface area contributed by atoms with Crippen molar-refractivity contribution in [3.8, 4) is 0 Å². The first-order valence-electron chi connectivity index (χ1n) is 8.37. The number of aromatic nitrogens is 1. The number of rotatable bonds is 5. The van der Waals surface area contributed by atoms with Crippen molar-refractivity contribution in [2.24, 2.45) is 5.92 Å². The predicted octanol–water partition coefficient (Wildman–Crippen LogP) is 1.99. The minimum Gasteiger partial charge on any atom is -0.390 e. The van der Waals surface area contributed by atoms with Crippen molar-refractivity contribution in [3.63, 3.8) is 0 Å². The third-order valence-corrected chi connectivity index (χ3v) is 4.66. The number of β-amino-alcohol motifs (C(OH)–C–C–N with tert-alkyl or cyclic N) is 1. The number of likely N-dealkylation sites (tertiary alicyclic amines) is 1. The lowest BCUT2D eigenvalue weighted by Gasteiger charge is -2.31. The Labute approximate surface area is 136 Å². The van der Waals surface area contributed by atoms with E-state index in [9.17, 15) is 9.90 Å². The average molecular weight is 315 g/mol. The zero-order chi connectivity index (χ0) is 16.2. The number of piperidine rings is 1. The van der Waals surface area contributed by atoms with Crippen LogP contribution < -0.4 is 5.32 Å². The summed E-state index contributed by atoms with van der Waals surface area (Å²) < 4.78 is 0. The van der Waals surface area contributed by atoms with Crippen molar-refractivity contribution in [2.45, 2.75) is 25.9 Å². The highest BCUT2D eigenvalue weighted by Crippen LogP contribution is 2.16. The van der Waals surface area contributed by atoms with Gasteiger partial charge in [-0.1, -0.05) is 13.0 Å². The minimum absolute atomic E-state index is 0.146. The summed E-state index contributed by atoms with van der Waals surface area (Å²) in [5.74, 6) is 0.638. The zero-order valence-electron chi connectivity index (χ0n) is 13.6. The topological polar surface area (TPSA) is 68.4 Å². The molecule has 0 radical (unpaired) electrons. The summed E-state index contributed by atoms with van der Waals surface area (Å²) >= 11 is 0. The van der Waals surface area contributed by atoms with Crippen LogP contribution in [-0.4, -0.2) is 53.2 Å². The van der Waals surface area contributed by atoms with Crippen LogP contribution in [0.4, 0.5) is 0 Å². The van der Waals surface area contributed by atoms with Crippen LogP contribution in [0.2, 0.25) is 0 Å². The molecule has 1 saturated heterocycles. The number of fused-ring (bicyclic) bond motifs is 1. The van der Waals surface area contributed by atoms with Gasteiger partial charge in [-0.2, -0.15) is 0 Å². The lowest BCUT2D eigenvalue weighted by molar-refractivity contribution is 0.0795. The third kappa shape index (κ3) is 4.12. The Kier molecular flexibility index (Phi) is 4.98. The number of H-pyrrole nitrogens is 1. The smallest absolute Gasteiger partial charge is 0.251 e. The fourth-order valence-corrected chi connectivity index (χ4v) is 3.11. The van der Waals surface area contributed by atoms with E-state index in [-0.39, 0.29) is 12.5 Å². The average Bonchev–Trinajstić information content (AvgIpc) is 3.02. The molecule has 5 heteroatoms. The van der Waals surface area contributed by atoms with Crippen molar-refractivity contribution >= 4 is 16.8 Å². The van der Waals surface area contributed by atoms with Gasteiger partial charge in [-0.05, 0) is 55.4 Å². The molecule has 1 amide bonds. The van der Waals surface area contributed by atoms with Gasteiger partial charge in [0, 0.05) is 30.4 Å². The molecule has 2 aromatic rings. The number of aromatic amines is 1. The van der Waals surface area contributed by atoms with Gasteiger partial charge in [0.1, 0.15) is 0 Å². The van der Waals surface area contributed by atoms with Gasteiger partial charge in [-0.25, -0.2) is 0 Å². The summed E-state index contributed by atoms with van der Waals surface area (Å²) in [6.07, 6.45) is 3.71. The summed E-state index contributed by atoms with van der Waals surface area (Å²) in [4.78, 5) is 17.6. The van der Waals surface area contributed by atoms with Gasteiger partial charge in [-0.3, -0.25) is 4.79 Å². The van der Waals surface area contributed by atoms with Crippen molar-refractivity contribution in [2.75, 3.05) is 26.2 Å². The minimum atomic E-state index is -0.526. The maximum absolute atomic E-state index is 12.2. The highest BCUT2D eigenvalue weighted by molar-refractivity contribution is 5.97. The van der Waals surface area contributed by atoms with Crippen LogP contribution in [0.3, 0.4) is 0 Å². The molecule has 1 atom stereocenters. The van der Waals surface area contributed by atoms with Crippen LogP contribution in [0.5, 0.6) is 0 Å². The lowest BCUT2D eigenvalue weighted by Crippen LogP contribution is -2.43. The first-order valence-corrected chi connectivity index (χ1v) is 8.37. The van der Waals surface area contributed by atoms with E-state index in [0.717, 1.165) is 29.9 Å². The predicted molar refractivity (Wildman–Crippen MR) is 91.5 cm³/mol. The second-order valence-corrected chi connectivity index (χ2v) is 6.63. The molecule has 124 valence electrons. The van der Waals surface area contributed by atoms with Crippen LogP contribution in [0, 0.1) is 5.92 Å². The molecule has 2 heterocycles. The third-order valence-electron chi connectivity index (χ3n) is 4.66. The summed E-state index contributed by atoms with van der Waals surface area (Å²) in [7, 11) is 0. The van der Waals surface area contributed by atoms with Crippen molar-refractivity contribution in [1.82, 2.24) is 15.2 Å². The highest BCUT2D eigenvalue weighted by atomic mass is 16.3. The Hall–Kier alpha value is -1.85. The number of nitrogens with one attached hydrogen (secondary N) is 2. The molecule has 3 rings (SSSR count). The van der Waals surface area contributed by atoms with E-state index in [1.165, 1.54) is 12.8 Å². The Bertz CT molecular complexity index is 659. The van der Waals surface area contributed by atoms with E-state index in [4.69, 9.17) is 0 Å². The molecule has 23 heavy (non-hydrogen) atoms. The van der Waals surface area contributed by atoms with E-state index in [1.54, 1.807) is 0 Å². The molecule has 0 bridgehead atoms. The van der Waals surface area contributed by atoms with Gasteiger partial charge in [0.15, 0.2) is 0 Å². The van der Waals surface area contributed by atoms with Crippen LogP contribution >= 0.6 is 0 Å². The molecule has 1 aromatic heterocycles. The summed E-state index contributed by atoms with van der Waals surface area (Å²) in [6, 6.07) is 7.54. The number of hydrogen-bond donors (Lipinski definition) is 3. The molecule has 1 aliphatic heterocycles. The maximum Gasteiger partial charge on any atom is 0.251 e. The number of benzene rings is 1. The second kappa shape index (κ2) is 7.15. The molecule has 1 unspecified atom stereocenters. The number of hydrogen-bond acceptors (Lipinski definition) is 3. The van der Waals surface area contributed by atoms with Gasteiger partial charge in [0.2, 0.25) is 0 Å². The summed E-state index contributed by atoms with van der Waals surface area (Å²) in [5, 5.41) is 14.0. The fraction of sp³-hybridized carbons (Fsp3) is 0.500. The van der Waals surface area contributed by atoms with E-state index in [0.29, 0.717) is 12.1 Å². The molecule has 1 aromatic carbocycles. The van der Waals surface area contributed by atoms with Crippen LogP contribution in [0.25, 0.3) is 10.9 Å². The van der Waals surface area contributed by atoms with E-state index >= 15 is 0 Å². The van der Waals surface area contributed by atoms with Crippen molar-refractivity contribution < 1.29 is 9.90 Å². The van der Waals surface area contributed by atoms with Crippen LogP contribution in [-0.2, 0) is 0 Å². The second-order valence-electron chi connectivity index (χ2n) is 6.63. The Balaban J connectivity index is 1.48. The monoisotopic (exact) mass is 315 g/mol. The molecule has 0 saturated carbocycles. The van der Waals surface area contributed by atoms with Gasteiger partial charge in [-0.15, -0.1) is 0 Å². The standard InChI is InChI=1S/C18H25N3O2/c1-13-5-8-21(9-6-13)12-16(22)11-20-18(23)15-3-2-14-4-7-19-17(14)10-15/h2-4,7,10,13,16,19,22H,5-6,8-9,11-12H2,1H3,(H,20,23). The van der Waals surface area contributed by atoms with E-state index in [1.807, 2.05) is 30.5 Å². The lowest BCUT2D eigenvalue weighted by atomic mass is 9.99. The zero-order valence-corrected chi connectivity index (χ0v) is 13.6. The van der Waals surface area contributed by atoms with Crippen molar-refractivity contribution in [1.29, 1.82) is 0 Å². The SMILES string of the molecule is CC1CCN(CC(O)CNC(=O)c2ccc3cc[nH]c3c2)CC1. The highest BCUT2D eigenvalue weighted by Gasteiger charge is 2.18. The molecule has 0 spiro atoms. The number of nitrogens with zero attached hydrogens (tertiary/aromatic N) is 1. The van der Waals surface area contributed by atoms with Crippen LogP contribution in [0.1, 0.15) is 30.1 Å². The molecule has 1 aliphatic rings. The quantitative estimate of drug-likeness (QED) is 0.790. The Morgan fingerprint density at radius 3 is 2.96 bits per heavy atom. The van der Waals surface area contributed by atoms with E-state index in [2.05, 4.69) is 22.1 Å². The fourth-order valence-electron chi connectivity index (χ4n) is 3.11. The maximum atomic E-state index is 12.2. The normalized spacial score (nSPS) is 18.2. The summed E-state index contributed by atoms with van der Waals surface area (Å²) in [5.41, 5.74) is 1.56. The van der Waals surface area contributed by atoms with Gasteiger partial charge in [0.05, 0.1) is 6.10 Å². The number of aliphatic hydroxyl groups is 1.